The number of carbonyl (C=O) groups is 2. The van der Waals surface area contributed by atoms with Crippen LogP contribution in [0.5, 0.6) is 11.5 Å². The predicted molar refractivity (Wildman–Crippen MR) is 114 cm³/mol. The minimum Gasteiger partial charge on any atom is -0.497 e. The molecule has 1 N–H and O–H groups in total. The number of nitrogens with zero attached hydrogens (tertiary/aromatic N) is 3. The van der Waals surface area contributed by atoms with Gasteiger partial charge in [0.2, 0.25) is 11.8 Å². The third-order valence-electron chi connectivity index (χ3n) is 5.85. The molecule has 1 aromatic heterocycles. The normalized spacial score (nSPS) is 17.2. The number of methoxy groups -OCH3 is 2. The van der Waals surface area contributed by atoms with Gasteiger partial charge in [-0.05, 0) is 45.4 Å². The van der Waals surface area contributed by atoms with Gasteiger partial charge in [-0.25, -0.2) is 0 Å². The number of hydrogen-bond acceptors (Lipinski definition) is 5. The predicted octanol–water partition coefficient (Wildman–Crippen LogP) is 2.56. The highest BCUT2D eigenvalue weighted by Gasteiger charge is 2.36. The van der Waals surface area contributed by atoms with Crippen molar-refractivity contribution < 1.29 is 19.1 Å². The maximum atomic E-state index is 12.7. The van der Waals surface area contributed by atoms with Gasteiger partial charge in [-0.15, -0.1) is 0 Å². The molecule has 162 valence electrons. The molecule has 3 rings (SSSR count). The number of benzene rings is 1. The van der Waals surface area contributed by atoms with E-state index >= 15 is 0 Å². The highest BCUT2D eigenvalue weighted by molar-refractivity contribution is 6.01. The van der Waals surface area contributed by atoms with Crippen LogP contribution in [0.25, 0.3) is 0 Å². The molecule has 2 atom stereocenters. The van der Waals surface area contributed by atoms with Crippen molar-refractivity contribution in [2.75, 3.05) is 32.2 Å². The molecule has 2 heterocycles. The Kier molecular flexibility index (Phi) is 6.34. The lowest BCUT2D eigenvalue weighted by Crippen LogP contribution is -2.36. The molecule has 0 unspecified atom stereocenters. The van der Waals surface area contributed by atoms with Gasteiger partial charge in [0.1, 0.15) is 11.5 Å². The van der Waals surface area contributed by atoms with E-state index in [0.29, 0.717) is 30.3 Å². The fourth-order valence-corrected chi connectivity index (χ4v) is 3.78. The lowest BCUT2D eigenvalue weighted by atomic mass is 10.1. The van der Waals surface area contributed by atoms with E-state index in [1.165, 1.54) is 5.56 Å². The molecule has 1 aliphatic rings. The van der Waals surface area contributed by atoms with Crippen molar-refractivity contribution in [3.63, 3.8) is 0 Å². The van der Waals surface area contributed by atoms with E-state index in [2.05, 4.69) is 10.4 Å². The summed E-state index contributed by atoms with van der Waals surface area (Å²) < 4.78 is 12.6. The van der Waals surface area contributed by atoms with Crippen LogP contribution in [0.1, 0.15) is 36.3 Å². The number of aryl methyl sites for hydroxylation is 1. The van der Waals surface area contributed by atoms with E-state index in [0.717, 1.165) is 11.4 Å². The van der Waals surface area contributed by atoms with Crippen LogP contribution in [0.15, 0.2) is 18.2 Å². The molecular formula is C22H30N4O4. The zero-order valence-corrected chi connectivity index (χ0v) is 18.5. The average molecular weight is 415 g/mol. The number of carbonyl (C=O) groups excluding carboxylic acids is 2. The number of anilines is 1. The molecule has 0 bridgehead atoms. The van der Waals surface area contributed by atoms with Crippen molar-refractivity contribution in [1.29, 1.82) is 0 Å². The standard InChI is InChI=1S/C22H30N4O4/c1-13(26-16(4)14(2)15(3)24-26)11-23-22(28)17-9-21(27)25(12-17)19-8-7-18(29-5)10-20(19)30-6/h7-8,10,13,17H,9,11-12H2,1-6H3,(H,23,28)/t13-,17+/m0/s1. The van der Waals surface area contributed by atoms with E-state index in [9.17, 15) is 9.59 Å². The largest absolute Gasteiger partial charge is 0.497 e. The fraction of sp³-hybridized carbons (Fsp3) is 0.500. The maximum absolute atomic E-state index is 12.7. The molecule has 0 radical (unpaired) electrons. The van der Waals surface area contributed by atoms with E-state index < -0.39 is 5.92 Å². The van der Waals surface area contributed by atoms with Gasteiger partial charge >= 0.3 is 0 Å². The Morgan fingerprint density at radius 2 is 2.00 bits per heavy atom. The Morgan fingerprint density at radius 3 is 2.60 bits per heavy atom. The van der Waals surface area contributed by atoms with Crippen molar-refractivity contribution in [2.45, 2.75) is 40.2 Å². The quantitative estimate of drug-likeness (QED) is 0.753. The third kappa shape index (κ3) is 4.13. The summed E-state index contributed by atoms with van der Waals surface area (Å²) in [5.41, 5.74) is 3.91. The zero-order chi connectivity index (χ0) is 22.0. The minimum atomic E-state index is -0.404. The van der Waals surface area contributed by atoms with Gasteiger partial charge in [-0.2, -0.15) is 5.10 Å². The first kappa shape index (κ1) is 21.7. The number of hydrogen-bond donors (Lipinski definition) is 1. The molecule has 0 aliphatic carbocycles. The van der Waals surface area contributed by atoms with Gasteiger partial charge in [-0.1, -0.05) is 0 Å². The van der Waals surface area contributed by atoms with Crippen LogP contribution in [0, 0.1) is 26.7 Å². The Morgan fingerprint density at radius 1 is 1.27 bits per heavy atom. The molecule has 30 heavy (non-hydrogen) atoms. The van der Waals surface area contributed by atoms with Crippen LogP contribution < -0.4 is 19.7 Å². The third-order valence-corrected chi connectivity index (χ3v) is 5.85. The number of nitrogens with one attached hydrogen (secondary N) is 1. The highest BCUT2D eigenvalue weighted by atomic mass is 16.5. The molecule has 8 heteroatoms. The van der Waals surface area contributed by atoms with Crippen LogP contribution in [0.4, 0.5) is 5.69 Å². The number of ether oxygens (including phenoxy) is 2. The average Bonchev–Trinajstić information content (AvgIpc) is 3.26. The molecule has 1 aliphatic heterocycles. The van der Waals surface area contributed by atoms with E-state index in [1.807, 2.05) is 32.4 Å². The SMILES string of the molecule is COc1ccc(N2C[C@H](C(=O)NC[C@H](C)n3nc(C)c(C)c3C)CC2=O)c(OC)c1. The Hall–Kier alpha value is -3.03. The topological polar surface area (TPSA) is 85.7 Å². The molecule has 0 saturated carbocycles. The van der Waals surface area contributed by atoms with Crippen molar-refractivity contribution in [2.24, 2.45) is 5.92 Å². The van der Waals surface area contributed by atoms with Crippen molar-refractivity contribution >= 4 is 17.5 Å². The first-order valence-corrected chi connectivity index (χ1v) is 10.1. The lowest BCUT2D eigenvalue weighted by molar-refractivity contribution is -0.126. The Bertz CT molecular complexity index is 953. The van der Waals surface area contributed by atoms with Crippen molar-refractivity contribution in [3.8, 4) is 11.5 Å². The molecule has 0 spiro atoms. The van der Waals surface area contributed by atoms with Gasteiger partial charge in [0.25, 0.3) is 0 Å². The van der Waals surface area contributed by atoms with Gasteiger partial charge in [0.05, 0.1) is 37.6 Å². The summed E-state index contributed by atoms with van der Waals surface area (Å²) in [6, 6.07) is 5.31. The van der Waals surface area contributed by atoms with Gasteiger partial charge in [0, 0.05) is 31.3 Å². The fourth-order valence-electron chi connectivity index (χ4n) is 3.78. The summed E-state index contributed by atoms with van der Waals surface area (Å²) >= 11 is 0. The first-order valence-electron chi connectivity index (χ1n) is 10.1. The summed E-state index contributed by atoms with van der Waals surface area (Å²) in [5.74, 6) is 0.560. The molecule has 2 amide bonds. The number of amides is 2. The van der Waals surface area contributed by atoms with Crippen molar-refractivity contribution in [3.05, 3.63) is 35.2 Å². The zero-order valence-electron chi connectivity index (χ0n) is 18.5. The highest BCUT2D eigenvalue weighted by Crippen LogP contribution is 2.35. The molecule has 8 nitrogen and oxygen atoms in total. The first-order chi connectivity index (χ1) is 14.3. The van der Waals surface area contributed by atoms with E-state index in [1.54, 1.807) is 37.3 Å². The van der Waals surface area contributed by atoms with Crippen LogP contribution in [0.2, 0.25) is 0 Å². The van der Waals surface area contributed by atoms with E-state index in [4.69, 9.17) is 9.47 Å². The monoisotopic (exact) mass is 414 g/mol. The summed E-state index contributed by atoms with van der Waals surface area (Å²) in [7, 11) is 3.12. The smallest absolute Gasteiger partial charge is 0.227 e. The second-order valence-electron chi connectivity index (χ2n) is 7.78. The van der Waals surface area contributed by atoms with Crippen LogP contribution in [-0.4, -0.2) is 48.9 Å². The molecule has 2 aromatic rings. The minimum absolute atomic E-state index is 0.0243. The van der Waals surface area contributed by atoms with Gasteiger partial charge in [-0.3, -0.25) is 14.3 Å². The summed E-state index contributed by atoms with van der Waals surface area (Å²) in [5, 5.41) is 7.55. The van der Waals surface area contributed by atoms with Crippen LogP contribution in [-0.2, 0) is 9.59 Å². The van der Waals surface area contributed by atoms with E-state index in [-0.39, 0.29) is 24.3 Å². The molecule has 1 saturated heterocycles. The summed E-state index contributed by atoms with van der Waals surface area (Å²) in [6.45, 7) is 8.86. The molecule has 1 fully saturated rings. The van der Waals surface area contributed by atoms with Gasteiger partial charge in [0.15, 0.2) is 0 Å². The summed E-state index contributed by atoms with van der Waals surface area (Å²) in [6.07, 6.45) is 0.175. The Balaban J connectivity index is 1.64. The maximum Gasteiger partial charge on any atom is 0.227 e. The number of aromatic nitrogens is 2. The molecular weight excluding hydrogens is 384 g/mol. The lowest BCUT2D eigenvalue weighted by Gasteiger charge is -2.20. The molecule has 1 aromatic carbocycles. The van der Waals surface area contributed by atoms with Crippen LogP contribution >= 0.6 is 0 Å². The second-order valence-corrected chi connectivity index (χ2v) is 7.78. The van der Waals surface area contributed by atoms with Crippen molar-refractivity contribution in [1.82, 2.24) is 15.1 Å². The summed E-state index contributed by atoms with van der Waals surface area (Å²) in [4.78, 5) is 27.0. The second kappa shape index (κ2) is 8.77. The Labute approximate surface area is 177 Å². The van der Waals surface area contributed by atoms with Crippen LogP contribution in [0.3, 0.4) is 0 Å². The number of rotatable bonds is 7. The van der Waals surface area contributed by atoms with Gasteiger partial charge < -0.3 is 19.7 Å².